The fraction of sp³-hybridized carbons (Fsp3) is 0.611. The third-order valence-corrected chi connectivity index (χ3v) is 5.38. The van der Waals surface area contributed by atoms with E-state index in [4.69, 9.17) is 0 Å². The zero-order valence-corrected chi connectivity index (χ0v) is 15.6. The van der Waals surface area contributed by atoms with E-state index < -0.39 is 0 Å². The number of nitrogens with zero attached hydrogens (tertiary/aromatic N) is 3. The quantitative estimate of drug-likeness (QED) is 0.797. The van der Waals surface area contributed by atoms with Crippen LogP contribution in [0.25, 0.3) is 0 Å². The summed E-state index contributed by atoms with van der Waals surface area (Å²) >= 11 is 1.77. The van der Waals surface area contributed by atoms with E-state index in [0.29, 0.717) is 0 Å². The van der Waals surface area contributed by atoms with Crippen LogP contribution in [0, 0.1) is 0 Å². The molecule has 0 radical (unpaired) electrons. The highest BCUT2D eigenvalue weighted by Crippen LogP contribution is 2.14. The van der Waals surface area contributed by atoms with Crippen LogP contribution < -0.4 is 0 Å². The standard InChI is InChI=1S/C18H29N3OS/c1-15(14-23-4)20(3)18(22)17-7-5-6-16(12-17)13-21-10-8-19(2)9-11-21/h5-7,12,15H,8-11,13-14H2,1-4H3/t15-/m0/s1. The SMILES string of the molecule is CSC[C@H](C)N(C)C(=O)c1cccc(CN2CCN(C)CC2)c1. The molecule has 23 heavy (non-hydrogen) atoms. The number of rotatable bonds is 6. The fourth-order valence-electron chi connectivity index (χ4n) is 2.82. The van der Waals surface area contributed by atoms with Crippen LogP contribution in [0.4, 0.5) is 0 Å². The maximum atomic E-state index is 12.6. The summed E-state index contributed by atoms with van der Waals surface area (Å²) < 4.78 is 0. The van der Waals surface area contributed by atoms with E-state index in [1.807, 2.05) is 24.1 Å². The topological polar surface area (TPSA) is 26.8 Å². The van der Waals surface area contributed by atoms with Crippen molar-refractivity contribution in [3.05, 3.63) is 35.4 Å². The van der Waals surface area contributed by atoms with Gasteiger partial charge in [0, 0.05) is 57.1 Å². The van der Waals surface area contributed by atoms with Crippen LogP contribution in [0.3, 0.4) is 0 Å². The van der Waals surface area contributed by atoms with Crippen molar-refractivity contribution < 1.29 is 4.79 Å². The summed E-state index contributed by atoms with van der Waals surface area (Å²) in [6.45, 7) is 7.46. The van der Waals surface area contributed by atoms with Crippen LogP contribution in [0.15, 0.2) is 24.3 Å². The predicted octanol–water partition coefficient (Wildman–Crippen LogP) is 2.26. The molecule has 1 aromatic rings. The Bertz CT molecular complexity index is 515. The molecule has 1 aliphatic rings. The minimum absolute atomic E-state index is 0.117. The molecule has 5 heteroatoms. The van der Waals surface area contributed by atoms with Crippen LogP contribution in [0.1, 0.15) is 22.8 Å². The van der Waals surface area contributed by atoms with Crippen molar-refractivity contribution in [2.24, 2.45) is 0 Å². The fourth-order valence-corrected chi connectivity index (χ4v) is 3.53. The largest absolute Gasteiger partial charge is 0.338 e. The van der Waals surface area contributed by atoms with E-state index in [1.165, 1.54) is 5.56 Å². The molecule has 0 unspecified atom stereocenters. The van der Waals surface area contributed by atoms with Crippen LogP contribution in [-0.2, 0) is 6.54 Å². The van der Waals surface area contributed by atoms with Gasteiger partial charge in [-0.25, -0.2) is 0 Å². The number of hydrogen-bond acceptors (Lipinski definition) is 4. The number of thioether (sulfide) groups is 1. The monoisotopic (exact) mass is 335 g/mol. The molecule has 1 aromatic carbocycles. The first-order valence-corrected chi connectivity index (χ1v) is 9.66. The Morgan fingerprint density at radius 1 is 1.30 bits per heavy atom. The first-order valence-electron chi connectivity index (χ1n) is 8.27. The van der Waals surface area contributed by atoms with E-state index in [-0.39, 0.29) is 11.9 Å². The van der Waals surface area contributed by atoms with Gasteiger partial charge < -0.3 is 9.80 Å². The molecule has 4 nitrogen and oxygen atoms in total. The highest BCUT2D eigenvalue weighted by atomic mass is 32.2. The van der Waals surface area contributed by atoms with Crippen molar-refractivity contribution >= 4 is 17.7 Å². The number of piperazine rings is 1. The number of carbonyl (C=O) groups excluding carboxylic acids is 1. The molecular weight excluding hydrogens is 306 g/mol. The van der Waals surface area contributed by atoms with Gasteiger partial charge in [-0.3, -0.25) is 9.69 Å². The predicted molar refractivity (Wildman–Crippen MR) is 99.2 cm³/mol. The lowest BCUT2D eigenvalue weighted by Gasteiger charge is -2.32. The average molecular weight is 336 g/mol. The summed E-state index contributed by atoms with van der Waals surface area (Å²) in [5.41, 5.74) is 2.03. The normalized spacial score (nSPS) is 17.9. The van der Waals surface area contributed by atoms with Crippen LogP contribution in [0.5, 0.6) is 0 Å². The summed E-state index contributed by atoms with van der Waals surface area (Å²) in [5, 5.41) is 0. The van der Waals surface area contributed by atoms with E-state index >= 15 is 0 Å². The lowest BCUT2D eigenvalue weighted by atomic mass is 10.1. The molecule has 128 valence electrons. The summed E-state index contributed by atoms with van der Waals surface area (Å²) in [5.74, 6) is 1.08. The highest BCUT2D eigenvalue weighted by Gasteiger charge is 2.18. The minimum atomic E-state index is 0.117. The van der Waals surface area contributed by atoms with Gasteiger partial charge in [-0.2, -0.15) is 11.8 Å². The van der Waals surface area contributed by atoms with Crippen molar-refractivity contribution in [1.29, 1.82) is 0 Å². The van der Waals surface area contributed by atoms with Gasteiger partial charge in [0.05, 0.1) is 0 Å². The van der Waals surface area contributed by atoms with Crippen LogP contribution in [-0.4, -0.2) is 78.9 Å². The molecule has 0 N–H and O–H groups in total. The Morgan fingerprint density at radius 3 is 2.65 bits per heavy atom. The average Bonchev–Trinajstić information content (AvgIpc) is 2.56. The van der Waals surface area contributed by atoms with Gasteiger partial charge in [-0.15, -0.1) is 0 Å². The van der Waals surface area contributed by atoms with Crippen LogP contribution in [0.2, 0.25) is 0 Å². The van der Waals surface area contributed by atoms with Gasteiger partial charge in [-0.1, -0.05) is 12.1 Å². The maximum Gasteiger partial charge on any atom is 0.253 e. The van der Waals surface area contributed by atoms with Crippen molar-refractivity contribution in [2.75, 3.05) is 52.3 Å². The molecule has 1 amide bonds. The molecule has 0 saturated carbocycles. The second-order valence-corrected chi connectivity index (χ2v) is 7.41. The van der Waals surface area contributed by atoms with E-state index in [0.717, 1.165) is 44.0 Å². The Hall–Kier alpha value is -1.04. The molecule has 1 fully saturated rings. The molecule has 0 aromatic heterocycles. The second-order valence-electron chi connectivity index (χ2n) is 6.50. The molecule has 1 heterocycles. The van der Waals surface area contributed by atoms with Crippen molar-refractivity contribution in [2.45, 2.75) is 19.5 Å². The van der Waals surface area contributed by atoms with Gasteiger partial charge in [0.25, 0.3) is 5.91 Å². The molecule has 1 atom stereocenters. The molecule has 2 rings (SSSR count). The Labute approximate surface area is 144 Å². The zero-order chi connectivity index (χ0) is 16.8. The molecular formula is C18H29N3OS. The Morgan fingerprint density at radius 2 is 2.00 bits per heavy atom. The van der Waals surface area contributed by atoms with Crippen molar-refractivity contribution in [1.82, 2.24) is 14.7 Å². The van der Waals surface area contributed by atoms with Gasteiger partial charge >= 0.3 is 0 Å². The second kappa shape index (κ2) is 8.71. The number of carbonyl (C=O) groups is 1. The van der Waals surface area contributed by atoms with Crippen molar-refractivity contribution in [3.8, 4) is 0 Å². The van der Waals surface area contributed by atoms with E-state index in [9.17, 15) is 4.79 Å². The molecule has 1 saturated heterocycles. The summed E-state index contributed by atoms with van der Waals surface area (Å²) in [6.07, 6.45) is 2.07. The Kier molecular flexibility index (Phi) is 6.93. The number of benzene rings is 1. The van der Waals surface area contributed by atoms with Crippen molar-refractivity contribution in [3.63, 3.8) is 0 Å². The number of amides is 1. The lowest BCUT2D eigenvalue weighted by Crippen LogP contribution is -2.43. The van der Waals surface area contributed by atoms with E-state index in [1.54, 1.807) is 11.8 Å². The van der Waals surface area contributed by atoms with Crippen LogP contribution >= 0.6 is 11.8 Å². The first kappa shape index (κ1) is 18.3. The van der Waals surface area contributed by atoms with Gasteiger partial charge in [0.1, 0.15) is 0 Å². The summed E-state index contributed by atoms with van der Waals surface area (Å²) in [4.78, 5) is 19.3. The highest BCUT2D eigenvalue weighted by molar-refractivity contribution is 7.98. The summed E-state index contributed by atoms with van der Waals surface area (Å²) in [6, 6.07) is 8.37. The van der Waals surface area contributed by atoms with E-state index in [2.05, 4.69) is 42.2 Å². The van der Waals surface area contributed by atoms with Gasteiger partial charge in [0.2, 0.25) is 0 Å². The number of likely N-dealkylation sites (N-methyl/N-ethyl adjacent to an activating group) is 1. The zero-order valence-electron chi connectivity index (χ0n) is 14.8. The first-order chi connectivity index (χ1) is 11.0. The van der Waals surface area contributed by atoms with Gasteiger partial charge in [-0.05, 0) is 37.9 Å². The third-order valence-electron chi connectivity index (χ3n) is 4.57. The molecule has 0 aliphatic carbocycles. The van der Waals surface area contributed by atoms with Gasteiger partial charge in [0.15, 0.2) is 0 Å². The smallest absolute Gasteiger partial charge is 0.253 e. The maximum absolute atomic E-state index is 12.6. The Balaban J connectivity index is 2.00. The molecule has 0 bridgehead atoms. The molecule has 1 aliphatic heterocycles. The third kappa shape index (κ3) is 5.23. The minimum Gasteiger partial charge on any atom is -0.338 e. The summed E-state index contributed by atoms with van der Waals surface area (Å²) in [7, 11) is 4.07. The lowest BCUT2D eigenvalue weighted by molar-refractivity contribution is 0.0757. The molecule has 0 spiro atoms. The number of hydrogen-bond donors (Lipinski definition) is 0.